The maximum absolute atomic E-state index is 5.84. The SMILES string of the molecule is CCc1c(N)ncnc1SCc1ccccc1. The van der Waals surface area contributed by atoms with E-state index >= 15 is 0 Å². The summed E-state index contributed by atoms with van der Waals surface area (Å²) in [5, 5.41) is 0.990. The number of nitrogens with zero attached hydrogens (tertiary/aromatic N) is 2. The van der Waals surface area contributed by atoms with Crippen LogP contribution in [0.2, 0.25) is 0 Å². The number of thioether (sulfide) groups is 1. The molecule has 1 aromatic carbocycles. The van der Waals surface area contributed by atoms with Gasteiger partial charge in [0.2, 0.25) is 0 Å². The van der Waals surface area contributed by atoms with Gasteiger partial charge in [-0.05, 0) is 12.0 Å². The van der Waals surface area contributed by atoms with Crippen LogP contribution in [0.4, 0.5) is 5.82 Å². The molecule has 0 saturated carbocycles. The van der Waals surface area contributed by atoms with E-state index in [0.717, 1.165) is 22.8 Å². The molecule has 0 aliphatic carbocycles. The van der Waals surface area contributed by atoms with Gasteiger partial charge in [-0.2, -0.15) is 0 Å². The topological polar surface area (TPSA) is 51.8 Å². The fraction of sp³-hybridized carbons (Fsp3) is 0.231. The summed E-state index contributed by atoms with van der Waals surface area (Å²) in [5.41, 5.74) is 8.17. The van der Waals surface area contributed by atoms with Crippen molar-refractivity contribution >= 4 is 17.6 Å². The highest BCUT2D eigenvalue weighted by molar-refractivity contribution is 7.98. The highest BCUT2D eigenvalue weighted by Gasteiger charge is 2.07. The Morgan fingerprint density at radius 3 is 2.65 bits per heavy atom. The van der Waals surface area contributed by atoms with Gasteiger partial charge in [0, 0.05) is 11.3 Å². The summed E-state index contributed by atoms with van der Waals surface area (Å²) in [6.45, 7) is 2.07. The predicted octanol–water partition coefficient (Wildman–Crippen LogP) is 2.91. The molecule has 0 unspecified atom stereocenters. The second-order valence-electron chi connectivity index (χ2n) is 3.67. The Kier molecular flexibility index (Phi) is 3.98. The van der Waals surface area contributed by atoms with E-state index in [2.05, 4.69) is 29.0 Å². The molecule has 1 heterocycles. The number of benzene rings is 1. The molecule has 4 heteroatoms. The van der Waals surface area contributed by atoms with E-state index in [4.69, 9.17) is 5.73 Å². The summed E-state index contributed by atoms with van der Waals surface area (Å²) in [6.07, 6.45) is 2.39. The van der Waals surface area contributed by atoms with Crippen LogP contribution < -0.4 is 5.73 Å². The molecular formula is C13H15N3S. The van der Waals surface area contributed by atoms with Crippen LogP contribution in [0.5, 0.6) is 0 Å². The first kappa shape index (κ1) is 11.9. The quantitative estimate of drug-likeness (QED) is 0.664. The van der Waals surface area contributed by atoms with Crippen molar-refractivity contribution in [3.8, 4) is 0 Å². The normalized spacial score (nSPS) is 10.4. The number of hydrogen-bond donors (Lipinski definition) is 1. The van der Waals surface area contributed by atoms with Gasteiger partial charge in [-0.1, -0.05) is 37.3 Å². The molecule has 0 saturated heterocycles. The predicted molar refractivity (Wildman–Crippen MR) is 71.8 cm³/mol. The van der Waals surface area contributed by atoms with Gasteiger partial charge >= 0.3 is 0 Å². The minimum Gasteiger partial charge on any atom is -0.383 e. The molecule has 2 N–H and O–H groups in total. The van der Waals surface area contributed by atoms with Gasteiger partial charge in [0.05, 0.1) is 0 Å². The fourth-order valence-corrected chi connectivity index (χ4v) is 2.63. The van der Waals surface area contributed by atoms with E-state index in [1.54, 1.807) is 11.8 Å². The summed E-state index contributed by atoms with van der Waals surface area (Å²) in [6, 6.07) is 10.3. The molecule has 0 spiro atoms. The van der Waals surface area contributed by atoms with Crippen LogP contribution in [0.3, 0.4) is 0 Å². The molecule has 2 aromatic rings. The van der Waals surface area contributed by atoms with Crippen molar-refractivity contribution in [1.29, 1.82) is 0 Å². The van der Waals surface area contributed by atoms with Crippen molar-refractivity contribution < 1.29 is 0 Å². The zero-order valence-corrected chi connectivity index (χ0v) is 10.6. The third-order valence-corrected chi connectivity index (χ3v) is 3.61. The average Bonchev–Trinajstić information content (AvgIpc) is 2.37. The Morgan fingerprint density at radius 1 is 1.18 bits per heavy atom. The highest BCUT2D eigenvalue weighted by Crippen LogP contribution is 2.26. The molecule has 3 nitrogen and oxygen atoms in total. The Balaban J connectivity index is 2.12. The van der Waals surface area contributed by atoms with Crippen molar-refractivity contribution in [2.75, 3.05) is 5.73 Å². The molecule has 17 heavy (non-hydrogen) atoms. The molecule has 88 valence electrons. The van der Waals surface area contributed by atoms with Crippen LogP contribution in [0, 0.1) is 0 Å². The largest absolute Gasteiger partial charge is 0.383 e. The molecule has 0 bridgehead atoms. The monoisotopic (exact) mass is 245 g/mol. The van der Waals surface area contributed by atoms with Crippen LogP contribution in [-0.2, 0) is 12.2 Å². The average molecular weight is 245 g/mol. The molecule has 1 aromatic heterocycles. The summed E-state index contributed by atoms with van der Waals surface area (Å²) in [5.74, 6) is 1.50. The molecule has 0 aliphatic rings. The Hall–Kier alpha value is -1.55. The fourth-order valence-electron chi connectivity index (χ4n) is 1.59. The molecule has 0 aliphatic heterocycles. The standard InChI is InChI=1S/C13H15N3S/c1-2-11-12(14)15-9-16-13(11)17-8-10-6-4-3-5-7-10/h3-7,9H,2,8H2,1H3,(H2,14,15,16). The number of aromatic nitrogens is 2. The lowest BCUT2D eigenvalue weighted by molar-refractivity contribution is 0.952. The van der Waals surface area contributed by atoms with E-state index in [9.17, 15) is 0 Å². The zero-order chi connectivity index (χ0) is 12.1. The third-order valence-electron chi connectivity index (χ3n) is 2.51. The number of rotatable bonds is 4. The smallest absolute Gasteiger partial charge is 0.131 e. The van der Waals surface area contributed by atoms with E-state index in [-0.39, 0.29) is 0 Å². The lowest BCUT2D eigenvalue weighted by Crippen LogP contribution is -2.00. The van der Waals surface area contributed by atoms with Crippen LogP contribution in [0.1, 0.15) is 18.1 Å². The lowest BCUT2D eigenvalue weighted by atomic mass is 10.2. The molecule has 0 fully saturated rings. The minimum absolute atomic E-state index is 0.595. The summed E-state index contributed by atoms with van der Waals surface area (Å²) in [4.78, 5) is 8.32. The number of nitrogen functional groups attached to an aromatic ring is 1. The molecule has 0 amide bonds. The van der Waals surface area contributed by atoms with E-state index < -0.39 is 0 Å². The first-order chi connectivity index (χ1) is 8.31. The van der Waals surface area contributed by atoms with E-state index in [1.807, 2.05) is 18.2 Å². The van der Waals surface area contributed by atoms with Gasteiger partial charge in [0.25, 0.3) is 0 Å². The lowest BCUT2D eigenvalue weighted by Gasteiger charge is -2.07. The van der Waals surface area contributed by atoms with Gasteiger partial charge in [0.1, 0.15) is 17.2 Å². The minimum atomic E-state index is 0.595. The maximum atomic E-state index is 5.84. The molecular weight excluding hydrogens is 230 g/mol. The van der Waals surface area contributed by atoms with Gasteiger partial charge in [-0.15, -0.1) is 11.8 Å². The van der Waals surface area contributed by atoms with Crippen molar-refractivity contribution in [3.05, 3.63) is 47.8 Å². The second kappa shape index (κ2) is 5.68. The highest BCUT2D eigenvalue weighted by atomic mass is 32.2. The van der Waals surface area contributed by atoms with Gasteiger partial charge < -0.3 is 5.73 Å². The van der Waals surface area contributed by atoms with Crippen molar-refractivity contribution in [2.45, 2.75) is 24.1 Å². The van der Waals surface area contributed by atoms with Crippen LogP contribution in [0.25, 0.3) is 0 Å². The first-order valence-electron chi connectivity index (χ1n) is 5.57. The van der Waals surface area contributed by atoms with Crippen LogP contribution in [0.15, 0.2) is 41.7 Å². The second-order valence-corrected chi connectivity index (χ2v) is 4.63. The van der Waals surface area contributed by atoms with Crippen molar-refractivity contribution in [2.24, 2.45) is 0 Å². The summed E-state index contributed by atoms with van der Waals surface area (Å²) < 4.78 is 0. The maximum Gasteiger partial charge on any atom is 0.131 e. The van der Waals surface area contributed by atoms with Crippen LogP contribution in [-0.4, -0.2) is 9.97 Å². The van der Waals surface area contributed by atoms with Crippen molar-refractivity contribution in [3.63, 3.8) is 0 Å². The number of anilines is 1. The van der Waals surface area contributed by atoms with Gasteiger partial charge in [-0.25, -0.2) is 9.97 Å². The van der Waals surface area contributed by atoms with Gasteiger partial charge in [-0.3, -0.25) is 0 Å². The summed E-state index contributed by atoms with van der Waals surface area (Å²) in [7, 11) is 0. The number of hydrogen-bond acceptors (Lipinski definition) is 4. The molecule has 2 rings (SSSR count). The zero-order valence-electron chi connectivity index (χ0n) is 9.76. The van der Waals surface area contributed by atoms with Crippen molar-refractivity contribution in [1.82, 2.24) is 9.97 Å². The Bertz CT molecular complexity index is 485. The first-order valence-corrected chi connectivity index (χ1v) is 6.56. The van der Waals surface area contributed by atoms with Crippen LogP contribution >= 0.6 is 11.8 Å². The van der Waals surface area contributed by atoms with Gasteiger partial charge in [0.15, 0.2) is 0 Å². The van der Waals surface area contributed by atoms with E-state index in [1.165, 1.54) is 11.9 Å². The molecule has 0 radical (unpaired) electrons. The summed E-state index contributed by atoms with van der Waals surface area (Å²) >= 11 is 1.71. The number of nitrogens with two attached hydrogens (primary N) is 1. The Labute approximate surface area is 105 Å². The molecule has 0 atom stereocenters. The Morgan fingerprint density at radius 2 is 1.94 bits per heavy atom. The third kappa shape index (κ3) is 2.97. The van der Waals surface area contributed by atoms with E-state index in [0.29, 0.717) is 5.82 Å².